The molecule has 2 aromatic heterocycles. The number of halogens is 1. The number of fused-ring (bicyclic) bond motifs is 1. The number of carbonyl (C=O) groups is 1. The molecule has 0 aliphatic carbocycles. The van der Waals surface area contributed by atoms with E-state index in [9.17, 15) is 24.5 Å². The summed E-state index contributed by atoms with van der Waals surface area (Å²) in [6.45, 7) is -0.0154. The average Bonchev–Trinajstić information content (AvgIpc) is 3.61. The van der Waals surface area contributed by atoms with Crippen molar-refractivity contribution < 1.29 is 57.4 Å². The van der Waals surface area contributed by atoms with Gasteiger partial charge in [-0.3, -0.25) is 13.7 Å². The van der Waals surface area contributed by atoms with Gasteiger partial charge in [0.15, 0.2) is 23.2 Å². The van der Waals surface area contributed by atoms with Crippen LogP contribution in [0.2, 0.25) is 5.28 Å². The minimum Gasteiger partial charge on any atom is -0.432 e. The second-order valence-electron chi connectivity index (χ2n) is 8.54. The van der Waals surface area contributed by atoms with Gasteiger partial charge in [-0.25, -0.2) is 9.78 Å². The Morgan fingerprint density at radius 2 is 2.10 bits per heavy atom. The first-order valence-electron chi connectivity index (χ1n) is 11.8. The number of hydrogen-bond donors (Lipinski definition) is 4. The molecule has 1 unspecified atom stereocenters. The van der Waals surface area contributed by atoms with Crippen LogP contribution in [0, 0.1) is 0 Å². The van der Waals surface area contributed by atoms with E-state index in [1.165, 1.54) is 18.0 Å². The number of aliphatic hydroxyl groups excluding tert-OH is 2. The number of aromatic nitrogens is 4. The van der Waals surface area contributed by atoms with Crippen LogP contribution in [0.25, 0.3) is 11.2 Å². The van der Waals surface area contributed by atoms with Gasteiger partial charge >= 0.3 is 13.8 Å². The number of hydrogen-bond acceptors (Lipinski definition) is 15. The smallest absolute Gasteiger partial charge is 0.432 e. The van der Waals surface area contributed by atoms with Crippen LogP contribution in [-0.2, 0) is 37.5 Å². The molecule has 218 valence electrons. The SMILES string of the molecule is COCCOC(=O)OCOP(=O)(O)COC[C@H]1O[C@@H](n2cnc3c(N[C@H]4CCOC4)nc(Cl)nc32)[C@H](O)[C@@H]1O. The number of nitrogens with zero attached hydrogens (tertiary/aromatic N) is 4. The number of anilines is 1. The van der Waals surface area contributed by atoms with E-state index in [0.717, 1.165) is 6.42 Å². The zero-order valence-electron chi connectivity index (χ0n) is 20.8. The minimum atomic E-state index is -4.33. The molecule has 0 spiro atoms. The molecular weight excluding hydrogens is 569 g/mol. The summed E-state index contributed by atoms with van der Waals surface area (Å²) in [5, 5.41) is 24.3. The van der Waals surface area contributed by atoms with Crippen molar-refractivity contribution in [2.24, 2.45) is 0 Å². The highest BCUT2D eigenvalue weighted by atomic mass is 35.5. The molecule has 6 atom stereocenters. The quantitative estimate of drug-likeness (QED) is 0.0799. The molecule has 0 bridgehead atoms. The van der Waals surface area contributed by atoms with Crippen LogP contribution < -0.4 is 5.32 Å². The summed E-state index contributed by atoms with van der Waals surface area (Å²) in [5.74, 6) is 0.387. The lowest BCUT2D eigenvalue weighted by Gasteiger charge is -2.17. The number of nitrogens with one attached hydrogen (secondary N) is 1. The molecule has 0 amide bonds. The third-order valence-corrected chi connectivity index (χ3v) is 6.94. The van der Waals surface area contributed by atoms with Crippen LogP contribution in [0.3, 0.4) is 0 Å². The fraction of sp³-hybridized carbons (Fsp3) is 0.700. The van der Waals surface area contributed by atoms with Gasteiger partial charge in [0.05, 0.1) is 32.2 Å². The summed E-state index contributed by atoms with van der Waals surface area (Å²) in [6, 6.07) is 0.0220. The van der Waals surface area contributed by atoms with Crippen molar-refractivity contribution in [3.05, 3.63) is 11.6 Å². The molecule has 17 nitrogen and oxygen atoms in total. The third kappa shape index (κ3) is 7.73. The molecule has 2 aliphatic heterocycles. The molecule has 4 N–H and O–H groups in total. The van der Waals surface area contributed by atoms with Gasteiger partial charge in [-0.15, -0.1) is 0 Å². The van der Waals surface area contributed by atoms with Gasteiger partial charge in [0.1, 0.15) is 31.3 Å². The molecule has 0 saturated carbocycles. The van der Waals surface area contributed by atoms with Gasteiger partial charge in [-0.2, -0.15) is 9.97 Å². The minimum absolute atomic E-state index is 0.0220. The highest BCUT2D eigenvalue weighted by Gasteiger charge is 2.45. The first-order chi connectivity index (χ1) is 18.7. The van der Waals surface area contributed by atoms with Crippen LogP contribution in [-0.4, -0.2) is 118 Å². The fourth-order valence-corrected chi connectivity index (χ4v) is 4.64. The topological polar surface area (TPSA) is 215 Å². The first kappa shape index (κ1) is 29.8. The van der Waals surface area contributed by atoms with E-state index < -0.39 is 51.4 Å². The number of ether oxygens (including phenoxy) is 6. The molecule has 19 heteroatoms. The molecule has 4 heterocycles. The van der Waals surface area contributed by atoms with Gasteiger partial charge in [0.2, 0.25) is 12.1 Å². The maximum Gasteiger partial charge on any atom is 0.510 e. The van der Waals surface area contributed by atoms with Crippen molar-refractivity contribution in [2.45, 2.75) is 37.0 Å². The largest absolute Gasteiger partial charge is 0.510 e. The predicted octanol–water partition coefficient (Wildman–Crippen LogP) is 0.233. The Balaban J connectivity index is 1.31. The Morgan fingerprint density at radius 3 is 2.85 bits per heavy atom. The van der Waals surface area contributed by atoms with E-state index in [1.54, 1.807) is 0 Å². The Morgan fingerprint density at radius 1 is 1.28 bits per heavy atom. The van der Waals surface area contributed by atoms with E-state index in [0.29, 0.717) is 24.5 Å². The molecular formula is C20H29ClN5O12P. The summed E-state index contributed by atoms with van der Waals surface area (Å²) < 4.78 is 48.3. The summed E-state index contributed by atoms with van der Waals surface area (Å²) in [6.07, 6.45) is -4.80. The van der Waals surface area contributed by atoms with Crippen molar-refractivity contribution >= 4 is 42.3 Å². The van der Waals surface area contributed by atoms with E-state index in [-0.39, 0.29) is 36.8 Å². The van der Waals surface area contributed by atoms with Gasteiger partial charge < -0.3 is 48.8 Å². The second-order valence-corrected chi connectivity index (χ2v) is 10.7. The van der Waals surface area contributed by atoms with Crippen LogP contribution in [0.4, 0.5) is 10.6 Å². The Kier molecular flexibility index (Phi) is 10.3. The third-order valence-electron chi connectivity index (χ3n) is 5.75. The number of imidazole rings is 1. The van der Waals surface area contributed by atoms with E-state index in [4.69, 9.17) is 30.5 Å². The molecule has 2 fully saturated rings. The molecule has 4 rings (SSSR count). The average molecular weight is 598 g/mol. The molecule has 2 saturated heterocycles. The normalized spacial score (nSPS) is 26.5. The zero-order chi connectivity index (χ0) is 28.0. The van der Waals surface area contributed by atoms with Gasteiger partial charge in [0, 0.05) is 13.7 Å². The summed E-state index contributed by atoms with van der Waals surface area (Å²) in [4.78, 5) is 33.9. The predicted molar refractivity (Wildman–Crippen MR) is 130 cm³/mol. The maximum absolute atomic E-state index is 12.1. The van der Waals surface area contributed by atoms with Crippen molar-refractivity contribution in [1.29, 1.82) is 0 Å². The molecule has 39 heavy (non-hydrogen) atoms. The van der Waals surface area contributed by atoms with Crippen LogP contribution in [0.15, 0.2) is 6.33 Å². The lowest BCUT2D eigenvalue weighted by Crippen LogP contribution is -2.34. The highest BCUT2D eigenvalue weighted by Crippen LogP contribution is 2.42. The van der Waals surface area contributed by atoms with Crippen LogP contribution in [0.5, 0.6) is 0 Å². The van der Waals surface area contributed by atoms with Crippen LogP contribution >= 0.6 is 19.2 Å². The van der Waals surface area contributed by atoms with Gasteiger partial charge in [-0.05, 0) is 18.0 Å². The highest BCUT2D eigenvalue weighted by molar-refractivity contribution is 7.52. The van der Waals surface area contributed by atoms with Gasteiger partial charge in [-0.1, -0.05) is 0 Å². The standard InChI is InChI=1S/C20H29ClN5O12P/c1-32-4-5-35-20(29)36-9-37-39(30,31)10-34-7-12-14(27)15(28)18(38-12)26-8-22-13-16(23-11-2-3-33-6-11)24-19(21)25-17(13)26/h8,11-12,14-15,18,27-28H,2-7,9-10H2,1H3,(H,30,31)(H,23,24,25)/t11-,12+,14+,15+,18+/m0/s1. The van der Waals surface area contributed by atoms with Crippen molar-refractivity contribution in [2.75, 3.05) is 58.6 Å². The number of aliphatic hydroxyl groups is 2. The summed E-state index contributed by atoms with van der Waals surface area (Å²) >= 11 is 6.12. The number of rotatable bonds is 13. The first-order valence-corrected chi connectivity index (χ1v) is 13.9. The fourth-order valence-electron chi connectivity index (χ4n) is 3.84. The second kappa shape index (κ2) is 13.5. The Bertz CT molecular complexity index is 1170. The van der Waals surface area contributed by atoms with Crippen LogP contribution in [0.1, 0.15) is 12.6 Å². The van der Waals surface area contributed by atoms with E-state index >= 15 is 0 Å². The molecule has 0 radical (unpaired) electrons. The summed E-state index contributed by atoms with van der Waals surface area (Å²) in [7, 11) is -2.92. The lowest BCUT2D eigenvalue weighted by molar-refractivity contribution is -0.0625. The van der Waals surface area contributed by atoms with Crippen molar-refractivity contribution in [1.82, 2.24) is 19.5 Å². The number of carbonyl (C=O) groups excluding carboxylic acids is 1. The zero-order valence-corrected chi connectivity index (χ0v) is 22.4. The molecule has 2 aromatic rings. The van der Waals surface area contributed by atoms with E-state index in [1.807, 2.05) is 0 Å². The molecule has 0 aromatic carbocycles. The maximum atomic E-state index is 12.1. The lowest BCUT2D eigenvalue weighted by atomic mass is 10.1. The monoisotopic (exact) mass is 597 g/mol. The molecule has 2 aliphatic rings. The van der Waals surface area contributed by atoms with Crippen molar-refractivity contribution in [3.8, 4) is 0 Å². The Hall–Kier alpha value is -2.18. The summed E-state index contributed by atoms with van der Waals surface area (Å²) in [5.41, 5.74) is 0.627. The number of methoxy groups -OCH3 is 1. The van der Waals surface area contributed by atoms with Crippen molar-refractivity contribution in [3.63, 3.8) is 0 Å². The Labute approximate surface area is 226 Å². The van der Waals surface area contributed by atoms with Gasteiger partial charge in [0.25, 0.3) is 0 Å². The van der Waals surface area contributed by atoms with E-state index in [2.05, 4.69) is 34.3 Å².